The van der Waals surface area contributed by atoms with E-state index >= 15 is 0 Å². The number of aromatic nitrogens is 3. The number of aromatic amines is 1. The fourth-order valence-electron chi connectivity index (χ4n) is 1.15. The molecule has 1 atom stereocenters. The second-order valence-electron chi connectivity index (χ2n) is 2.71. The largest absolute Gasteiger partial charge is 0.368 e. The van der Waals surface area contributed by atoms with Gasteiger partial charge in [-0.3, -0.25) is 5.10 Å². The van der Waals surface area contributed by atoms with Gasteiger partial charge in [0.05, 0.1) is 12.5 Å². The minimum absolute atomic E-state index is 0.0342. The minimum Gasteiger partial charge on any atom is -0.368 e. The Morgan fingerprint density at radius 1 is 1.69 bits per heavy atom. The molecule has 1 unspecified atom stereocenters. The van der Waals surface area contributed by atoms with Crippen LogP contribution in [0.1, 0.15) is 17.8 Å². The van der Waals surface area contributed by atoms with Gasteiger partial charge in [0.2, 0.25) is 0 Å². The molecule has 0 saturated carbocycles. The minimum atomic E-state index is 0.0342. The summed E-state index contributed by atoms with van der Waals surface area (Å²) < 4.78 is 5.51. The Balaban J connectivity index is 2.05. The van der Waals surface area contributed by atoms with Crippen LogP contribution >= 0.6 is 23.4 Å². The Hall–Kier alpha value is -0.260. The molecule has 1 saturated heterocycles. The van der Waals surface area contributed by atoms with E-state index in [-0.39, 0.29) is 6.10 Å². The van der Waals surface area contributed by atoms with Gasteiger partial charge in [-0.2, -0.15) is 16.9 Å². The normalized spacial score (nSPS) is 23.3. The van der Waals surface area contributed by atoms with E-state index in [0.717, 1.165) is 23.9 Å². The standard InChI is InChI=1S/C7H10ClN3OS/c8-3-6-9-7(11-10-6)5-4-13-2-1-12-5/h5H,1-4H2,(H,9,10,11). The zero-order valence-corrected chi connectivity index (χ0v) is 8.57. The van der Waals surface area contributed by atoms with Crippen molar-refractivity contribution in [2.45, 2.75) is 12.0 Å². The highest BCUT2D eigenvalue weighted by atomic mass is 35.5. The summed E-state index contributed by atoms with van der Waals surface area (Å²) in [6, 6.07) is 0. The van der Waals surface area contributed by atoms with Gasteiger partial charge in [-0.05, 0) is 0 Å². The summed E-state index contributed by atoms with van der Waals surface area (Å²) in [6.07, 6.45) is 0.0342. The van der Waals surface area contributed by atoms with E-state index < -0.39 is 0 Å². The number of H-pyrrole nitrogens is 1. The Kier molecular flexibility index (Phi) is 3.08. The van der Waals surface area contributed by atoms with Crippen molar-refractivity contribution in [3.05, 3.63) is 11.6 Å². The van der Waals surface area contributed by atoms with Gasteiger partial charge in [-0.15, -0.1) is 11.6 Å². The van der Waals surface area contributed by atoms with Crippen LogP contribution in [0.5, 0.6) is 0 Å². The Bertz CT molecular complexity index is 274. The number of alkyl halides is 1. The molecule has 0 spiro atoms. The van der Waals surface area contributed by atoms with Crippen LogP contribution in [-0.2, 0) is 10.6 Å². The van der Waals surface area contributed by atoms with Crippen molar-refractivity contribution in [3.8, 4) is 0 Å². The molecular weight excluding hydrogens is 210 g/mol. The van der Waals surface area contributed by atoms with Gasteiger partial charge >= 0.3 is 0 Å². The van der Waals surface area contributed by atoms with E-state index in [9.17, 15) is 0 Å². The van der Waals surface area contributed by atoms with E-state index in [0.29, 0.717) is 11.7 Å². The fourth-order valence-corrected chi connectivity index (χ4v) is 2.11. The second kappa shape index (κ2) is 4.30. The van der Waals surface area contributed by atoms with Gasteiger partial charge in [0.15, 0.2) is 5.82 Å². The van der Waals surface area contributed by atoms with Gasteiger partial charge in [0.1, 0.15) is 11.9 Å². The fraction of sp³-hybridized carbons (Fsp3) is 0.714. The lowest BCUT2D eigenvalue weighted by atomic mass is 10.4. The zero-order chi connectivity index (χ0) is 9.10. The average molecular weight is 220 g/mol. The summed E-state index contributed by atoms with van der Waals surface area (Å²) in [5.74, 6) is 3.79. The van der Waals surface area contributed by atoms with Crippen LogP contribution < -0.4 is 0 Å². The smallest absolute Gasteiger partial charge is 0.180 e. The van der Waals surface area contributed by atoms with Crippen LogP contribution in [0.15, 0.2) is 0 Å². The molecular formula is C7H10ClN3OS. The number of hydrogen-bond donors (Lipinski definition) is 1. The van der Waals surface area contributed by atoms with E-state index in [1.54, 1.807) is 0 Å². The molecule has 13 heavy (non-hydrogen) atoms. The van der Waals surface area contributed by atoms with Gasteiger partial charge in [-0.25, -0.2) is 4.98 Å². The van der Waals surface area contributed by atoms with Gasteiger partial charge in [0.25, 0.3) is 0 Å². The summed E-state index contributed by atoms with van der Waals surface area (Å²) in [5, 5.41) is 6.82. The van der Waals surface area contributed by atoms with Crippen LogP contribution in [0, 0.1) is 0 Å². The molecule has 0 aliphatic carbocycles. The third-order valence-electron chi connectivity index (χ3n) is 1.78. The molecule has 2 heterocycles. The first kappa shape index (κ1) is 9.30. The highest BCUT2D eigenvalue weighted by molar-refractivity contribution is 7.99. The quantitative estimate of drug-likeness (QED) is 0.763. The van der Waals surface area contributed by atoms with Crippen LogP contribution in [0.25, 0.3) is 0 Å². The first-order chi connectivity index (χ1) is 6.40. The molecule has 0 amide bonds. The molecule has 1 fully saturated rings. The highest BCUT2D eigenvalue weighted by Crippen LogP contribution is 2.23. The third kappa shape index (κ3) is 2.15. The lowest BCUT2D eigenvalue weighted by molar-refractivity contribution is 0.0697. The summed E-state index contributed by atoms with van der Waals surface area (Å²) >= 11 is 7.46. The topological polar surface area (TPSA) is 50.8 Å². The molecule has 2 rings (SSSR count). The van der Waals surface area contributed by atoms with Gasteiger partial charge < -0.3 is 4.74 Å². The maximum atomic E-state index is 5.60. The van der Waals surface area contributed by atoms with Crippen LogP contribution in [0.3, 0.4) is 0 Å². The molecule has 1 aliphatic rings. The maximum Gasteiger partial charge on any atom is 0.180 e. The van der Waals surface area contributed by atoms with E-state index in [1.807, 2.05) is 11.8 Å². The molecule has 1 N–H and O–H groups in total. The van der Waals surface area contributed by atoms with Crippen LogP contribution in [0.4, 0.5) is 0 Å². The predicted molar refractivity (Wildman–Crippen MR) is 52.0 cm³/mol. The zero-order valence-electron chi connectivity index (χ0n) is 6.99. The number of thioether (sulfide) groups is 1. The van der Waals surface area contributed by atoms with E-state index in [4.69, 9.17) is 16.3 Å². The van der Waals surface area contributed by atoms with Crippen molar-refractivity contribution in [1.29, 1.82) is 0 Å². The predicted octanol–water partition coefficient (Wildman–Crippen LogP) is 1.35. The van der Waals surface area contributed by atoms with Gasteiger partial charge in [0, 0.05) is 11.5 Å². The van der Waals surface area contributed by atoms with Crippen molar-refractivity contribution in [2.24, 2.45) is 0 Å². The van der Waals surface area contributed by atoms with Crippen LogP contribution in [0.2, 0.25) is 0 Å². The first-order valence-electron chi connectivity index (χ1n) is 4.06. The molecule has 0 bridgehead atoms. The molecule has 4 nitrogen and oxygen atoms in total. The average Bonchev–Trinajstić information content (AvgIpc) is 2.67. The Morgan fingerprint density at radius 2 is 2.62 bits per heavy atom. The lowest BCUT2D eigenvalue weighted by Crippen LogP contribution is -2.16. The van der Waals surface area contributed by atoms with Crippen molar-refractivity contribution in [2.75, 3.05) is 18.1 Å². The second-order valence-corrected chi connectivity index (χ2v) is 4.13. The van der Waals surface area contributed by atoms with Crippen molar-refractivity contribution < 1.29 is 4.74 Å². The summed E-state index contributed by atoms with van der Waals surface area (Å²) in [5.41, 5.74) is 0. The number of nitrogens with zero attached hydrogens (tertiary/aromatic N) is 2. The molecule has 1 aliphatic heterocycles. The first-order valence-corrected chi connectivity index (χ1v) is 5.75. The van der Waals surface area contributed by atoms with Gasteiger partial charge in [-0.1, -0.05) is 0 Å². The number of halogens is 1. The molecule has 0 aromatic carbocycles. The lowest BCUT2D eigenvalue weighted by Gasteiger charge is -2.19. The molecule has 1 aromatic rings. The number of ether oxygens (including phenoxy) is 1. The molecule has 6 heteroatoms. The third-order valence-corrected chi connectivity index (χ3v) is 3.03. The number of nitrogens with one attached hydrogen (secondary N) is 1. The molecule has 72 valence electrons. The van der Waals surface area contributed by atoms with E-state index in [2.05, 4.69) is 15.2 Å². The summed E-state index contributed by atoms with van der Waals surface area (Å²) in [6.45, 7) is 0.778. The number of rotatable bonds is 2. The van der Waals surface area contributed by atoms with Crippen molar-refractivity contribution in [3.63, 3.8) is 0 Å². The monoisotopic (exact) mass is 219 g/mol. The van der Waals surface area contributed by atoms with E-state index in [1.165, 1.54) is 0 Å². The molecule has 0 radical (unpaired) electrons. The number of hydrogen-bond acceptors (Lipinski definition) is 4. The Labute approximate surface area is 85.4 Å². The highest BCUT2D eigenvalue weighted by Gasteiger charge is 2.20. The summed E-state index contributed by atoms with van der Waals surface area (Å²) in [7, 11) is 0. The van der Waals surface area contributed by atoms with Crippen molar-refractivity contribution in [1.82, 2.24) is 15.2 Å². The van der Waals surface area contributed by atoms with Crippen LogP contribution in [-0.4, -0.2) is 33.3 Å². The summed E-state index contributed by atoms with van der Waals surface area (Å²) in [4.78, 5) is 4.22. The SMILES string of the molecule is ClCc1nc(C2CSCCO2)n[nH]1. The molecule has 1 aromatic heterocycles. The maximum absolute atomic E-state index is 5.60. The van der Waals surface area contributed by atoms with Crippen molar-refractivity contribution >= 4 is 23.4 Å². The Morgan fingerprint density at radius 3 is 3.23 bits per heavy atom.